The molecule has 0 aliphatic carbocycles. The van der Waals surface area contributed by atoms with Crippen LogP contribution in [0.5, 0.6) is 0 Å². The van der Waals surface area contributed by atoms with Crippen molar-refractivity contribution in [2.75, 3.05) is 19.6 Å². The molecule has 0 N–H and O–H groups in total. The van der Waals surface area contributed by atoms with Crippen molar-refractivity contribution >= 4 is 11.8 Å². The van der Waals surface area contributed by atoms with Crippen molar-refractivity contribution in [1.29, 1.82) is 0 Å². The number of aromatic nitrogens is 1. The lowest BCUT2D eigenvalue weighted by atomic mass is 9.72. The van der Waals surface area contributed by atoms with Gasteiger partial charge in [0.2, 0.25) is 5.91 Å². The summed E-state index contributed by atoms with van der Waals surface area (Å²) in [5.74, 6) is -0.149. The second kappa shape index (κ2) is 7.93. The number of carbonyl (C=O) groups is 2. The standard InChI is InChI=1S/C23H26FN3O2/c1-17-14-19(24)2-3-20(17)22(29)26-12-8-23(9-13-26)7-4-21(28)27(16-23)15-18-5-10-25-11-6-18/h2-3,5-6,10-11,14H,4,7-9,12-13,15-16H2,1H3. The summed E-state index contributed by atoms with van der Waals surface area (Å²) in [5.41, 5.74) is 2.41. The van der Waals surface area contributed by atoms with Crippen LogP contribution >= 0.6 is 0 Å². The predicted molar refractivity (Wildman–Crippen MR) is 108 cm³/mol. The number of benzene rings is 1. The third-order valence-electron chi connectivity index (χ3n) is 6.40. The normalized spacial score (nSPS) is 18.9. The van der Waals surface area contributed by atoms with Crippen LogP contribution < -0.4 is 0 Å². The molecule has 152 valence electrons. The Morgan fingerprint density at radius 1 is 1.14 bits per heavy atom. The van der Waals surface area contributed by atoms with Gasteiger partial charge in [0.05, 0.1) is 0 Å². The van der Waals surface area contributed by atoms with E-state index in [0.717, 1.165) is 31.4 Å². The molecule has 6 heteroatoms. The van der Waals surface area contributed by atoms with Crippen LogP contribution in [0.25, 0.3) is 0 Å². The van der Waals surface area contributed by atoms with Gasteiger partial charge in [0.15, 0.2) is 0 Å². The van der Waals surface area contributed by atoms with Gasteiger partial charge in [0, 0.05) is 50.6 Å². The number of carbonyl (C=O) groups excluding carboxylic acids is 2. The molecule has 1 spiro atoms. The van der Waals surface area contributed by atoms with Gasteiger partial charge in [0.25, 0.3) is 5.91 Å². The fraction of sp³-hybridized carbons (Fsp3) is 0.435. The van der Waals surface area contributed by atoms with Gasteiger partial charge in [-0.3, -0.25) is 14.6 Å². The first kappa shape index (κ1) is 19.6. The Labute approximate surface area is 170 Å². The summed E-state index contributed by atoms with van der Waals surface area (Å²) in [7, 11) is 0. The minimum absolute atomic E-state index is 0.0297. The third-order valence-corrected chi connectivity index (χ3v) is 6.40. The smallest absolute Gasteiger partial charge is 0.254 e. The van der Waals surface area contributed by atoms with Gasteiger partial charge in [-0.05, 0) is 73.1 Å². The van der Waals surface area contributed by atoms with E-state index in [1.807, 2.05) is 21.9 Å². The van der Waals surface area contributed by atoms with Gasteiger partial charge >= 0.3 is 0 Å². The van der Waals surface area contributed by atoms with Crippen molar-refractivity contribution in [3.8, 4) is 0 Å². The number of piperidine rings is 2. The van der Waals surface area contributed by atoms with E-state index in [1.54, 1.807) is 25.4 Å². The van der Waals surface area contributed by atoms with Crippen molar-refractivity contribution in [2.24, 2.45) is 5.41 Å². The van der Waals surface area contributed by atoms with Crippen molar-refractivity contribution in [2.45, 2.75) is 39.2 Å². The van der Waals surface area contributed by atoms with E-state index in [1.165, 1.54) is 12.1 Å². The second-order valence-corrected chi connectivity index (χ2v) is 8.36. The zero-order valence-electron chi connectivity index (χ0n) is 16.7. The van der Waals surface area contributed by atoms with Crippen molar-refractivity contribution in [1.82, 2.24) is 14.8 Å². The first-order chi connectivity index (χ1) is 14.0. The van der Waals surface area contributed by atoms with E-state index in [9.17, 15) is 14.0 Å². The summed E-state index contributed by atoms with van der Waals surface area (Å²) in [6, 6.07) is 8.21. The molecule has 2 amide bonds. The number of likely N-dealkylation sites (tertiary alicyclic amines) is 2. The lowest BCUT2D eigenvalue weighted by Gasteiger charge is -2.47. The number of aryl methyl sites for hydroxylation is 1. The van der Waals surface area contributed by atoms with Gasteiger partial charge in [-0.2, -0.15) is 0 Å². The van der Waals surface area contributed by atoms with Gasteiger partial charge in [-0.1, -0.05) is 0 Å². The van der Waals surface area contributed by atoms with Crippen LogP contribution in [0.15, 0.2) is 42.7 Å². The molecular weight excluding hydrogens is 369 g/mol. The number of pyridine rings is 1. The Balaban J connectivity index is 1.41. The van der Waals surface area contributed by atoms with Crippen LogP contribution in [0.2, 0.25) is 0 Å². The van der Waals surface area contributed by atoms with Gasteiger partial charge in [-0.25, -0.2) is 4.39 Å². The summed E-state index contributed by atoms with van der Waals surface area (Å²) in [6.07, 6.45) is 6.73. The molecule has 29 heavy (non-hydrogen) atoms. The molecule has 0 radical (unpaired) electrons. The molecule has 2 fully saturated rings. The second-order valence-electron chi connectivity index (χ2n) is 8.36. The minimum atomic E-state index is -0.321. The Bertz CT molecular complexity index is 908. The average molecular weight is 395 g/mol. The van der Waals surface area contributed by atoms with Crippen LogP contribution in [-0.4, -0.2) is 46.2 Å². The lowest BCUT2D eigenvalue weighted by molar-refractivity contribution is -0.139. The molecule has 0 saturated carbocycles. The molecule has 3 heterocycles. The molecule has 2 saturated heterocycles. The molecule has 0 unspecified atom stereocenters. The maximum Gasteiger partial charge on any atom is 0.254 e. The lowest BCUT2D eigenvalue weighted by Crippen LogP contribution is -2.52. The van der Waals surface area contributed by atoms with E-state index in [2.05, 4.69) is 4.98 Å². The maximum atomic E-state index is 13.4. The Morgan fingerprint density at radius 3 is 2.55 bits per heavy atom. The summed E-state index contributed by atoms with van der Waals surface area (Å²) >= 11 is 0. The minimum Gasteiger partial charge on any atom is -0.339 e. The number of amides is 2. The molecule has 1 aromatic heterocycles. The van der Waals surface area contributed by atoms with Crippen molar-refractivity contribution in [3.05, 3.63) is 65.2 Å². The van der Waals surface area contributed by atoms with Crippen LogP contribution in [0, 0.1) is 18.2 Å². The number of rotatable bonds is 3. The number of halogens is 1. The summed E-state index contributed by atoms with van der Waals surface area (Å²) in [4.78, 5) is 33.2. The Morgan fingerprint density at radius 2 is 1.86 bits per heavy atom. The SMILES string of the molecule is Cc1cc(F)ccc1C(=O)N1CCC2(CCC(=O)N(Cc3ccncc3)C2)CC1. The zero-order valence-corrected chi connectivity index (χ0v) is 16.7. The number of hydrogen-bond donors (Lipinski definition) is 0. The quantitative estimate of drug-likeness (QED) is 0.798. The maximum absolute atomic E-state index is 13.4. The first-order valence-corrected chi connectivity index (χ1v) is 10.2. The van der Waals surface area contributed by atoms with E-state index in [-0.39, 0.29) is 23.0 Å². The molecular formula is C23H26FN3O2. The van der Waals surface area contributed by atoms with Gasteiger partial charge in [-0.15, -0.1) is 0 Å². The molecule has 2 aliphatic rings. The molecule has 2 aromatic rings. The van der Waals surface area contributed by atoms with Gasteiger partial charge < -0.3 is 9.80 Å². The fourth-order valence-corrected chi connectivity index (χ4v) is 4.58. The predicted octanol–water partition coefficient (Wildman–Crippen LogP) is 3.57. The highest BCUT2D eigenvalue weighted by molar-refractivity contribution is 5.95. The molecule has 1 aromatic carbocycles. The van der Waals surface area contributed by atoms with Crippen LogP contribution in [0.3, 0.4) is 0 Å². The largest absolute Gasteiger partial charge is 0.339 e. The van der Waals surface area contributed by atoms with Crippen LogP contribution in [0.4, 0.5) is 4.39 Å². The summed E-state index contributed by atoms with van der Waals surface area (Å²) < 4.78 is 13.4. The van der Waals surface area contributed by atoms with E-state index in [0.29, 0.717) is 37.2 Å². The van der Waals surface area contributed by atoms with Crippen molar-refractivity contribution in [3.63, 3.8) is 0 Å². The zero-order chi connectivity index (χ0) is 20.4. The highest BCUT2D eigenvalue weighted by Gasteiger charge is 2.41. The third kappa shape index (κ3) is 4.16. The van der Waals surface area contributed by atoms with E-state index >= 15 is 0 Å². The summed E-state index contributed by atoms with van der Waals surface area (Å²) in [5, 5.41) is 0. The molecule has 2 aliphatic heterocycles. The Kier molecular flexibility index (Phi) is 5.35. The number of hydrogen-bond acceptors (Lipinski definition) is 3. The topological polar surface area (TPSA) is 53.5 Å². The Hall–Kier alpha value is -2.76. The highest BCUT2D eigenvalue weighted by atomic mass is 19.1. The molecule has 0 atom stereocenters. The fourth-order valence-electron chi connectivity index (χ4n) is 4.58. The summed E-state index contributed by atoms with van der Waals surface area (Å²) in [6.45, 7) is 4.47. The average Bonchev–Trinajstić information content (AvgIpc) is 2.72. The van der Waals surface area contributed by atoms with E-state index in [4.69, 9.17) is 0 Å². The van der Waals surface area contributed by atoms with Crippen molar-refractivity contribution < 1.29 is 14.0 Å². The molecule has 5 nitrogen and oxygen atoms in total. The van der Waals surface area contributed by atoms with Crippen LogP contribution in [0.1, 0.15) is 47.2 Å². The monoisotopic (exact) mass is 395 g/mol. The molecule has 0 bridgehead atoms. The first-order valence-electron chi connectivity index (χ1n) is 10.2. The van der Waals surface area contributed by atoms with Crippen LogP contribution in [-0.2, 0) is 11.3 Å². The number of nitrogens with zero attached hydrogens (tertiary/aromatic N) is 3. The molecule has 4 rings (SSSR count). The highest BCUT2D eigenvalue weighted by Crippen LogP contribution is 2.41. The van der Waals surface area contributed by atoms with E-state index < -0.39 is 0 Å². The van der Waals surface area contributed by atoms with Gasteiger partial charge in [0.1, 0.15) is 5.82 Å².